The Bertz CT molecular complexity index is 766. The molecule has 102 valence electrons. The molecule has 0 aliphatic heterocycles. The van der Waals surface area contributed by atoms with Crippen LogP contribution < -0.4 is 0 Å². The van der Waals surface area contributed by atoms with Crippen molar-refractivity contribution >= 4 is 22.5 Å². The number of aliphatic hydroxyl groups is 1. The van der Waals surface area contributed by atoms with Gasteiger partial charge < -0.3 is 9.67 Å². The second kappa shape index (κ2) is 5.27. The van der Waals surface area contributed by atoms with E-state index >= 15 is 0 Å². The van der Waals surface area contributed by atoms with Gasteiger partial charge in [0.1, 0.15) is 5.82 Å². The van der Waals surface area contributed by atoms with E-state index in [2.05, 4.69) is 0 Å². The van der Waals surface area contributed by atoms with Gasteiger partial charge in [-0.2, -0.15) is 0 Å². The van der Waals surface area contributed by atoms with Crippen LogP contribution in [0.2, 0.25) is 5.02 Å². The Hall–Kier alpha value is -1.84. The molecule has 1 aromatic heterocycles. The minimum absolute atomic E-state index is 0.00706. The van der Waals surface area contributed by atoms with Crippen molar-refractivity contribution in [2.45, 2.75) is 13.2 Å². The summed E-state index contributed by atoms with van der Waals surface area (Å²) in [6.07, 6.45) is 1.89. The van der Waals surface area contributed by atoms with Crippen molar-refractivity contribution in [1.29, 1.82) is 0 Å². The molecule has 0 saturated heterocycles. The molecule has 0 radical (unpaired) electrons. The Balaban J connectivity index is 2.05. The summed E-state index contributed by atoms with van der Waals surface area (Å²) < 4.78 is 15.7. The molecule has 0 atom stereocenters. The molecule has 1 N–H and O–H groups in total. The largest absolute Gasteiger partial charge is 0.392 e. The quantitative estimate of drug-likeness (QED) is 0.775. The molecular weight excluding hydrogens is 277 g/mol. The van der Waals surface area contributed by atoms with E-state index in [1.807, 2.05) is 35.0 Å². The average Bonchev–Trinajstić information content (AvgIpc) is 2.86. The summed E-state index contributed by atoms with van der Waals surface area (Å²) in [5.74, 6) is -0.269. The van der Waals surface area contributed by atoms with Crippen LogP contribution in [0.3, 0.4) is 0 Å². The lowest BCUT2D eigenvalue weighted by atomic mass is 10.1. The standard InChI is InChI=1S/C16H13ClFNO/c17-13-4-5-15(18)12(8-13)9-19-7-6-14-11(10-20)2-1-3-16(14)19/h1-8,20H,9-10H2. The van der Waals surface area contributed by atoms with E-state index in [0.717, 1.165) is 16.5 Å². The van der Waals surface area contributed by atoms with E-state index in [1.165, 1.54) is 12.1 Å². The lowest BCUT2D eigenvalue weighted by Gasteiger charge is -2.08. The number of rotatable bonds is 3. The van der Waals surface area contributed by atoms with E-state index in [4.69, 9.17) is 11.6 Å². The van der Waals surface area contributed by atoms with Gasteiger partial charge in [-0.1, -0.05) is 23.7 Å². The van der Waals surface area contributed by atoms with Crippen LogP contribution in [0.5, 0.6) is 0 Å². The first-order valence-corrected chi connectivity index (χ1v) is 6.68. The van der Waals surface area contributed by atoms with Gasteiger partial charge in [0, 0.05) is 27.7 Å². The number of nitrogens with zero attached hydrogens (tertiary/aromatic N) is 1. The molecule has 0 spiro atoms. The lowest BCUT2D eigenvalue weighted by molar-refractivity contribution is 0.283. The number of aromatic nitrogens is 1. The van der Waals surface area contributed by atoms with Gasteiger partial charge in [-0.25, -0.2) is 4.39 Å². The first-order chi connectivity index (χ1) is 9.69. The molecule has 0 unspecified atom stereocenters. The van der Waals surface area contributed by atoms with E-state index in [1.54, 1.807) is 6.07 Å². The minimum Gasteiger partial charge on any atom is -0.392 e. The maximum absolute atomic E-state index is 13.8. The minimum atomic E-state index is -0.269. The van der Waals surface area contributed by atoms with Gasteiger partial charge in [0.25, 0.3) is 0 Å². The number of hydrogen-bond donors (Lipinski definition) is 1. The molecule has 0 fully saturated rings. The fraction of sp³-hybridized carbons (Fsp3) is 0.125. The normalized spacial score (nSPS) is 11.2. The third kappa shape index (κ3) is 2.30. The highest BCUT2D eigenvalue weighted by atomic mass is 35.5. The smallest absolute Gasteiger partial charge is 0.128 e. The SMILES string of the molecule is OCc1cccc2c1ccn2Cc1cc(Cl)ccc1F. The maximum Gasteiger partial charge on any atom is 0.128 e. The van der Waals surface area contributed by atoms with E-state index in [9.17, 15) is 9.50 Å². The summed E-state index contributed by atoms with van der Waals surface area (Å²) in [4.78, 5) is 0. The summed E-state index contributed by atoms with van der Waals surface area (Å²) in [5.41, 5.74) is 2.38. The summed E-state index contributed by atoms with van der Waals surface area (Å²) in [6.45, 7) is 0.400. The third-order valence-corrected chi connectivity index (χ3v) is 3.66. The highest BCUT2D eigenvalue weighted by Gasteiger charge is 2.08. The molecule has 3 aromatic rings. The Labute approximate surface area is 121 Å². The van der Waals surface area contributed by atoms with Crippen molar-refractivity contribution < 1.29 is 9.50 Å². The van der Waals surface area contributed by atoms with Crippen LogP contribution in [0.25, 0.3) is 10.9 Å². The fourth-order valence-corrected chi connectivity index (χ4v) is 2.61. The summed E-state index contributed by atoms with van der Waals surface area (Å²) in [5, 5.41) is 10.8. The summed E-state index contributed by atoms with van der Waals surface area (Å²) >= 11 is 5.91. The predicted octanol–water partition coefficient (Wildman–Crippen LogP) is 3.97. The zero-order valence-corrected chi connectivity index (χ0v) is 11.4. The number of fused-ring (bicyclic) bond motifs is 1. The van der Waals surface area contributed by atoms with Crippen molar-refractivity contribution in [3.63, 3.8) is 0 Å². The van der Waals surface area contributed by atoms with E-state index in [-0.39, 0.29) is 12.4 Å². The Kier molecular flexibility index (Phi) is 3.47. The van der Waals surface area contributed by atoms with Gasteiger partial charge in [-0.3, -0.25) is 0 Å². The molecule has 3 rings (SSSR count). The topological polar surface area (TPSA) is 25.2 Å². The monoisotopic (exact) mass is 289 g/mol. The van der Waals surface area contributed by atoms with Crippen LogP contribution in [0, 0.1) is 5.82 Å². The van der Waals surface area contributed by atoms with Crippen molar-refractivity contribution in [3.8, 4) is 0 Å². The van der Waals surface area contributed by atoms with Crippen molar-refractivity contribution in [2.24, 2.45) is 0 Å². The van der Waals surface area contributed by atoms with Gasteiger partial charge in [0.05, 0.1) is 13.2 Å². The zero-order valence-electron chi connectivity index (χ0n) is 10.7. The Morgan fingerprint density at radius 2 is 1.95 bits per heavy atom. The summed E-state index contributed by atoms with van der Waals surface area (Å²) in [6, 6.07) is 12.2. The number of hydrogen-bond acceptors (Lipinski definition) is 1. The van der Waals surface area contributed by atoms with Crippen molar-refractivity contribution in [1.82, 2.24) is 4.57 Å². The highest BCUT2D eigenvalue weighted by Crippen LogP contribution is 2.23. The number of halogens is 2. The van der Waals surface area contributed by atoms with Crippen LogP contribution in [-0.2, 0) is 13.2 Å². The van der Waals surface area contributed by atoms with Gasteiger partial charge in [-0.15, -0.1) is 0 Å². The van der Waals surface area contributed by atoms with Crippen LogP contribution in [0.4, 0.5) is 4.39 Å². The molecule has 0 aliphatic rings. The van der Waals surface area contributed by atoms with Gasteiger partial charge in [-0.05, 0) is 35.9 Å². The molecule has 0 aliphatic carbocycles. The molecule has 0 bridgehead atoms. The first kappa shape index (κ1) is 13.2. The van der Waals surface area contributed by atoms with E-state index in [0.29, 0.717) is 17.1 Å². The second-order valence-electron chi connectivity index (χ2n) is 4.69. The van der Waals surface area contributed by atoms with E-state index < -0.39 is 0 Å². The number of aliphatic hydroxyl groups excluding tert-OH is 1. The maximum atomic E-state index is 13.8. The summed E-state index contributed by atoms with van der Waals surface area (Å²) in [7, 11) is 0. The highest BCUT2D eigenvalue weighted by molar-refractivity contribution is 6.30. The molecule has 20 heavy (non-hydrogen) atoms. The van der Waals surface area contributed by atoms with Gasteiger partial charge in [0.15, 0.2) is 0 Å². The first-order valence-electron chi connectivity index (χ1n) is 6.30. The molecule has 2 aromatic carbocycles. The molecule has 0 amide bonds. The Morgan fingerprint density at radius 3 is 2.75 bits per heavy atom. The van der Waals surface area contributed by atoms with Crippen LogP contribution >= 0.6 is 11.6 Å². The molecular formula is C16H13ClFNO. The molecule has 4 heteroatoms. The molecule has 0 saturated carbocycles. The fourth-order valence-electron chi connectivity index (χ4n) is 2.41. The zero-order chi connectivity index (χ0) is 14.1. The van der Waals surface area contributed by atoms with Crippen molar-refractivity contribution in [3.05, 3.63) is 70.6 Å². The number of benzene rings is 2. The van der Waals surface area contributed by atoms with Crippen LogP contribution in [0.1, 0.15) is 11.1 Å². The molecule has 1 heterocycles. The van der Waals surface area contributed by atoms with Gasteiger partial charge in [0.2, 0.25) is 0 Å². The lowest BCUT2D eigenvalue weighted by Crippen LogP contribution is -2.00. The average molecular weight is 290 g/mol. The molecule has 2 nitrogen and oxygen atoms in total. The van der Waals surface area contributed by atoms with Crippen LogP contribution in [0.15, 0.2) is 48.7 Å². The third-order valence-electron chi connectivity index (χ3n) is 3.42. The predicted molar refractivity (Wildman–Crippen MR) is 78.4 cm³/mol. The Morgan fingerprint density at radius 1 is 1.10 bits per heavy atom. The van der Waals surface area contributed by atoms with Gasteiger partial charge >= 0.3 is 0 Å². The van der Waals surface area contributed by atoms with Crippen LogP contribution in [-0.4, -0.2) is 9.67 Å². The second-order valence-corrected chi connectivity index (χ2v) is 5.12. The van der Waals surface area contributed by atoms with Crippen molar-refractivity contribution in [2.75, 3.05) is 0 Å².